The van der Waals surface area contributed by atoms with E-state index in [9.17, 15) is 4.79 Å². The Labute approximate surface area is 164 Å². The number of thioether (sulfide) groups is 1. The molecule has 0 bridgehead atoms. The largest absolute Gasteiger partial charge is 0.340 e. The summed E-state index contributed by atoms with van der Waals surface area (Å²) in [4.78, 5) is 14.5. The fourth-order valence-corrected chi connectivity index (χ4v) is 3.94. The number of hydrogen-bond donors (Lipinski definition) is 0. The monoisotopic (exact) mass is 380 g/mol. The van der Waals surface area contributed by atoms with Crippen LogP contribution in [0.1, 0.15) is 19.4 Å². The van der Waals surface area contributed by atoms with Crippen molar-refractivity contribution < 1.29 is 4.79 Å². The summed E-state index contributed by atoms with van der Waals surface area (Å²) in [5.74, 6) is 0.911. The fourth-order valence-electron chi connectivity index (χ4n) is 2.92. The second-order valence-corrected chi connectivity index (χ2v) is 7.66. The van der Waals surface area contributed by atoms with Crippen molar-refractivity contribution in [2.24, 2.45) is 0 Å². The van der Waals surface area contributed by atoms with Crippen molar-refractivity contribution in [3.8, 4) is 11.4 Å². The summed E-state index contributed by atoms with van der Waals surface area (Å²) >= 11 is 1.46. The lowest BCUT2D eigenvalue weighted by Gasteiger charge is -2.21. The maximum absolute atomic E-state index is 12.8. The van der Waals surface area contributed by atoms with Crippen LogP contribution in [0.25, 0.3) is 11.4 Å². The maximum Gasteiger partial charge on any atom is 0.235 e. The average Bonchev–Trinajstić information content (AvgIpc) is 3.11. The molecule has 0 saturated carbocycles. The van der Waals surface area contributed by atoms with Gasteiger partial charge in [-0.3, -0.25) is 4.79 Å². The molecule has 5 nitrogen and oxygen atoms in total. The first-order chi connectivity index (χ1) is 13.1. The van der Waals surface area contributed by atoms with Crippen LogP contribution in [0.2, 0.25) is 0 Å². The summed E-state index contributed by atoms with van der Waals surface area (Å²) in [5, 5.41) is 9.21. The minimum absolute atomic E-state index is 0.0794. The molecule has 1 aromatic heterocycles. The Morgan fingerprint density at radius 1 is 1.07 bits per heavy atom. The topological polar surface area (TPSA) is 51.0 Å². The summed E-state index contributed by atoms with van der Waals surface area (Å²) in [6.45, 7) is 5.33. The van der Waals surface area contributed by atoms with E-state index in [-0.39, 0.29) is 11.2 Å². The van der Waals surface area contributed by atoms with E-state index in [0.717, 1.165) is 28.7 Å². The van der Waals surface area contributed by atoms with E-state index < -0.39 is 0 Å². The molecule has 0 aliphatic carbocycles. The molecule has 0 N–H and O–H groups in total. The highest BCUT2D eigenvalue weighted by Gasteiger charge is 2.22. The molecular formula is C21H24N4OS. The molecule has 0 unspecified atom stereocenters. The minimum Gasteiger partial charge on any atom is -0.340 e. The van der Waals surface area contributed by atoms with Gasteiger partial charge in [0.2, 0.25) is 5.91 Å². The highest BCUT2D eigenvalue weighted by Crippen LogP contribution is 2.27. The Bertz CT molecular complexity index is 880. The molecule has 0 spiro atoms. The lowest BCUT2D eigenvalue weighted by atomic mass is 10.2. The van der Waals surface area contributed by atoms with E-state index in [0.29, 0.717) is 6.54 Å². The number of carbonyl (C=O) groups is 1. The van der Waals surface area contributed by atoms with Gasteiger partial charge < -0.3 is 9.47 Å². The van der Waals surface area contributed by atoms with E-state index in [4.69, 9.17) is 0 Å². The highest BCUT2D eigenvalue weighted by molar-refractivity contribution is 8.00. The number of hydrogen-bond acceptors (Lipinski definition) is 4. The predicted octanol–water partition coefficient (Wildman–Crippen LogP) is 4.10. The van der Waals surface area contributed by atoms with Crippen LogP contribution in [0.3, 0.4) is 0 Å². The van der Waals surface area contributed by atoms with E-state index in [1.54, 1.807) is 4.90 Å². The van der Waals surface area contributed by atoms with Gasteiger partial charge in [-0.15, -0.1) is 10.2 Å². The lowest BCUT2D eigenvalue weighted by molar-refractivity contribution is -0.129. The van der Waals surface area contributed by atoms with Gasteiger partial charge >= 0.3 is 0 Å². The summed E-state index contributed by atoms with van der Waals surface area (Å²) in [6, 6.07) is 20.0. The number of rotatable bonds is 7. The van der Waals surface area contributed by atoms with Gasteiger partial charge in [-0.1, -0.05) is 72.4 Å². The quantitative estimate of drug-likeness (QED) is 0.579. The first kappa shape index (κ1) is 19.2. The Morgan fingerprint density at radius 2 is 1.70 bits per heavy atom. The fraction of sp³-hybridized carbons (Fsp3) is 0.286. The molecule has 0 radical (unpaired) electrons. The summed E-state index contributed by atoms with van der Waals surface area (Å²) in [6.07, 6.45) is 0. The first-order valence-electron chi connectivity index (χ1n) is 9.04. The Morgan fingerprint density at radius 3 is 2.33 bits per heavy atom. The minimum atomic E-state index is -0.239. The third kappa shape index (κ3) is 4.57. The van der Waals surface area contributed by atoms with Crippen LogP contribution in [-0.2, 0) is 17.9 Å². The summed E-state index contributed by atoms with van der Waals surface area (Å²) in [7, 11) is 1.84. The van der Waals surface area contributed by atoms with Crippen molar-refractivity contribution in [2.45, 2.75) is 37.3 Å². The van der Waals surface area contributed by atoms with Crippen molar-refractivity contribution >= 4 is 17.7 Å². The van der Waals surface area contributed by atoms with Crippen LogP contribution in [0.15, 0.2) is 65.8 Å². The van der Waals surface area contributed by atoms with Crippen LogP contribution in [0.4, 0.5) is 0 Å². The second kappa shape index (κ2) is 8.86. The second-order valence-electron chi connectivity index (χ2n) is 6.36. The van der Waals surface area contributed by atoms with E-state index in [1.807, 2.05) is 74.6 Å². The van der Waals surface area contributed by atoms with Gasteiger partial charge in [0.15, 0.2) is 11.0 Å². The number of carbonyl (C=O) groups excluding carboxylic acids is 1. The Kier molecular flexibility index (Phi) is 6.29. The molecule has 0 saturated heterocycles. The van der Waals surface area contributed by atoms with Crippen molar-refractivity contribution in [1.29, 1.82) is 0 Å². The number of aromatic nitrogens is 3. The molecule has 1 heterocycles. The van der Waals surface area contributed by atoms with E-state index in [1.165, 1.54) is 11.8 Å². The number of nitrogens with zero attached hydrogens (tertiary/aromatic N) is 4. The predicted molar refractivity (Wildman–Crippen MR) is 109 cm³/mol. The van der Waals surface area contributed by atoms with Crippen LogP contribution in [0, 0.1) is 0 Å². The molecule has 3 aromatic rings. The molecule has 2 aromatic carbocycles. The van der Waals surface area contributed by atoms with Gasteiger partial charge in [-0.05, 0) is 19.4 Å². The van der Waals surface area contributed by atoms with Gasteiger partial charge in [0, 0.05) is 25.7 Å². The SMILES string of the molecule is CCn1c(S[C@H](C)C(=O)N(C)Cc2ccccc2)nnc1-c1ccccc1. The maximum atomic E-state index is 12.8. The van der Waals surface area contributed by atoms with Crippen molar-refractivity contribution in [3.05, 3.63) is 66.2 Å². The van der Waals surface area contributed by atoms with Gasteiger partial charge in [0.25, 0.3) is 0 Å². The normalized spacial score (nSPS) is 12.0. The van der Waals surface area contributed by atoms with Crippen molar-refractivity contribution in [1.82, 2.24) is 19.7 Å². The molecular weight excluding hydrogens is 356 g/mol. The first-order valence-corrected chi connectivity index (χ1v) is 9.92. The van der Waals surface area contributed by atoms with Crippen LogP contribution in [-0.4, -0.2) is 37.9 Å². The molecule has 3 rings (SSSR count). The lowest BCUT2D eigenvalue weighted by Crippen LogP contribution is -2.33. The Balaban J connectivity index is 1.71. The van der Waals surface area contributed by atoms with Crippen LogP contribution in [0.5, 0.6) is 0 Å². The average molecular weight is 381 g/mol. The molecule has 0 aliphatic rings. The summed E-state index contributed by atoms with van der Waals surface area (Å²) in [5.41, 5.74) is 2.15. The molecule has 0 aliphatic heterocycles. The molecule has 1 atom stereocenters. The third-order valence-electron chi connectivity index (χ3n) is 4.33. The molecule has 6 heteroatoms. The molecule has 27 heavy (non-hydrogen) atoms. The third-order valence-corrected chi connectivity index (χ3v) is 5.40. The van der Waals surface area contributed by atoms with Gasteiger partial charge in [-0.2, -0.15) is 0 Å². The Hall–Kier alpha value is -2.60. The number of benzene rings is 2. The zero-order valence-electron chi connectivity index (χ0n) is 15.9. The zero-order chi connectivity index (χ0) is 19.2. The van der Waals surface area contributed by atoms with Crippen molar-refractivity contribution in [2.75, 3.05) is 7.05 Å². The van der Waals surface area contributed by atoms with Gasteiger partial charge in [0.1, 0.15) is 0 Å². The zero-order valence-corrected chi connectivity index (χ0v) is 16.7. The van der Waals surface area contributed by atoms with Crippen molar-refractivity contribution in [3.63, 3.8) is 0 Å². The molecule has 0 fully saturated rings. The van der Waals surface area contributed by atoms with Crippen LogP contribution < -0.4 is 0 Å². The van der Waals surface area contributed by atoms with Crippen LogP contribution >= 0.6 is 11.8 Å². The number of amides is 1. The smallest absolute Gasteiger partial charge is 0.235 e. The molecule has 1 amide bonds. The van der Waals surface area contributed by atoms with E-state index >= 15 is 0 Å². The highest BCUT2D eigenvalue weighted by atomic mass is 32.2. The molecule has 140 valence electrons. The summed E-state index contributed by atoms with van der Waals surface area (Å²) < 4.78 is 2.06. The standard InChI is InChI=1S/C21H24N4OS/c1-4-25-19(18-13-9-6-10-14-18)22-23-21(25)27-16(2)20(26)24(3)15-17-11-7-5-8-12-17/h5-14,16H,4,15H2,1-3H3/t16-/m1/s1. The van der Waals surface area contributed by atoms with Gasteiger partial charge in [-0.25, -0.2) is 0 Å². The van der Waals surface area contributed by atoms with Gasteiger partial charge in [0.05, 0.1) is 5.25 Å². The van der Waals surface area contributed by atoms with E-state index in [2.05, 4.69) is 21.7 Å².